The fourth-order valence-corrected chi connectivity index (χ4v) is 0.764. The molecular weight excluding hydrogens is 217 g/mol. The van der Waals surface area contributed by atoms with Crippen LogP contribution in [0.5, 0.6) is 0 Å². The van der Waals surface area contributed by atoms with Gasteiger partial charge in [0.2, 0.25) is 0 Å². The van der Waals surface area contributed by atoms with Crippen molar-refractivity contribution in [3.05, 3.63) is 29.8 Å². The van der Waals surface area contributed by atoms with Crippen molar-refractivity contribution in [3.8, 4) is 0 Å². The Bertz CT molecular complexity index is 277. The number of rotatable bonds is 1. The van der Waals surface area contributed by atoms with Crippen molar-refractivity contribution in [2.45, 2.75) is 0 Å². The van der Waals surface area contributed by atoms with Crippen molar-refractivity contribution < 1.29 is 73.1 Å². The van der Waals surface area contributed by atoms with Crippen LogP contribution in [0.4, 0.5) is 21.7 Å². The molecule has 0 radical (unpaired) electrons. The molecule has 0 spiro atoms. The summed E-state index contributed by atoms with van der Waals surface area (Å²) in [4.78, 5) is 0. The van der Waals surface area contributed by atoms with Gasteiger partial charge >= 0.3 is 58.4 Å². The second kappa shape index (κ2) is 4.88. The van der Waals surface area contributed by atoms with E-state index in [1.807, 2.05) is 0 Å². The van der Waals surface area contributed by atoms with Crippen LogP contribution in [0, 0.1) is 11.6 Å². The fourth-order valence-electron chi connectivity index (χ4n) is 0.764. The van der Waals surface area contributed by atoms with Crippen LogP contribution in [0.1, 0.15) is 0 Å². The summed E-state index contributed by atoms with van der Waals surface area (Å²) in [6.45, 7) is -5.32. The van der Waals surface area contributed by atoms with Crippen LogP contribution in [0.2, 0.25) is 0 Å². The van der Waals surface area contributed by atoms with Gasteiger partial charge in [0.25, 0.3) is 0 Å². The molecule has 0 saturated heterocycles. The third-order valence-electron chi connectivity index (χ3n) is 1.26. The van der Waals surface area contributed by atoms with Gasteiger partial charge in [0.15, 0.2) is 0 Å². The normalized spacial score (nSPS) is 10.8. The van der Waals surface area contributed by atoms with Crippen molar-refractivity contribution >= 4 is 12.4 Å². The summed E-state index contributed by atoms with van der Waals surface area (Å²) in [7, 11) is 0. The number of hydrogen-bond acceptors (Lipinski definition) is 0. The molecule has 0 atom stereocenters. The maximum Gasteiger partial charge on any atom is 1.00 e. The van der Waals surface area contributed by atoms with Crippen LogP contribution in [0.3, 0.4) is 0 Å². The summed E-state index contributed by atoms with van der Waals surface area (Å²) in [5.74, 6) is -2.44. The van der Waals surface area contributed by atoms with E-state index in [9.17, 15) is 21.7 Å². The summed E-state index contributed by atoms with van der Waals surface area (Å²) in [6.07, 6.45) is 0. The van der Waals surface area contributed by atoms with Gasteiger partial charge in [0.1, 0.15) is 11.6 Å². The predicted molar refractivity (Wildman–Crippen MR) is 35.1 cm³/mol. The van der Waals surface area contributed by atoms with Crippen LogP contribution in [0.15, 0.2) is 18.2 Å². The van der Waals surface area contributed by atoms with Crippen LogP contribution in [0.25, 0.3) is 0 Å². The van der Waals surface area contributed by atoms with Crippen molar-refractivity contribution in [2.75, 3.05) is 0 Å². The fraction of sp³-hybridized carbons (Fsp3) is 0. The standard InChI is InChI=1S/C6H3BF5.K/c8-5-1-4(7(10,11)12)2-6(9)3-5;/h1-3H;/q-1;+1. The van der Waals surface area contributed by atoms with Gasteiger partial charge in [-0.15, -0.1) is 5.46 Å². The van der Waals surface area contributed by atoms with E-state index < -0.39 is 24.1 Å². The molecule has 0 aliphatic heterocycles. The van der Waals surface area contributed by atoms with Gasteiger partial charge in [0.05, 0.1) is 0 Å². The molecule has 0 bridgehead atoms. The SMILES string of the molecule is Fc1cc(F)cc([B-](F)(F)F)c1.[K+]. The van der Waals surface area contributed by atoms with Gasteiger partial charge in [-0.3, -0.25) is 0 Å². The van der Waals surface area contributed by atoms with E-state index in [1.165, 1.54) is 0 Å². The zero-order valence-corrected chi connectivity index (χ0v) is 9.82. The molecule has 1 rings (SSSR count). The Labute approximate surface area is 114 Å². The van der Waals surface area contributed by atoms with E-state index >= 15 is 0 Å². The Hall–Kier alpha value is 0.571. The van der Waals surface area contributed by atoms with Gasteiger partial charge in [-0.25, -0.2) is 8.78 Å². The zero-order valence-electron chi connectivity index (χ0n) is 6.70. The Kier molecular flexibility index (Phi) is 5.09. The van der Waals surface area contributed by atoms with Gasteiger partial charge in [0, 0.05) is 6.07 Å². The van der Waals surface area contributed by atoms with E-state index in [0.29, 0.717) is 6.07 Å². The zero-order chi connectivity index (χ0) is 9.35. The van der Waals surface area contributed by atoms with Crippen LogP contribution in [-0.4, -0.2) is 6.98 Å². The van der Waals surface area contributed by atoms with E-state index in [-0.39, 0.29) is 63.5 Å². The third kappa shape index (κ3) is 4.07. The molecule has 0 amide bonds. The third-order valence-corrected chi connectivity index (χ3v) is 1.26. The number of benzene rings is 1. The van der Waals surface area contributed by atoms with Crippen LogP contribution < -0.4 is 56.8 Å². The molecule has 0 fully saturated rings. The first-order valence-electron chi connectivity index (χ1n) is 3.05. The minimum atomic E-state index is -5.32. The van der Waals surface area contributed by atoms with E-state index in [2.05, 4.69) is 0 Å². The molecule has 0 aromatic heterocycles. The molecule has 0 saturated carbocycles. The second-order valence-corrected chi connectivity index (χ2v) is 2.28. The van der Waals surface area contributed by atoms with Crippen LogP contribution in [-0.2, 0) is 0 Å². The molecule has 1 aromatic carbocycles. The monoisotopic (exact) mass is 220 g/mol. The Morgan fingerprint density at radius 3 is 1.54 bits per heavy atom. The van der Waals surface area contributed by atoms with Gasteiger partial charge < -0.3 is 12.9 Å². The van der Waals surface area contributed by atoms with Gasteiger partial charge in [-0.1, -0.05) is 12.1 Å². The molecular formula is C6H3BF5K. The molecule has 0 unspecified atom stereocenters. The predicted octanol–water partition coefficient (Wildman–Crippen LogP) is -0.977. The maximum atomic E-state index is 12.2. The largest absolute Gasteiger partial charge is 1.00 e. The first-order valence-corrected chi connectivity index (χ1v) is 3.05. The Morgan fingerprint density at radius 1 is 0.846 bits per heavy atom. The summed E-state index contributed by atoms with van der Waals surface area (Å²) in [5.41, 5.74) is -1.26. The molecule has 0 N–H and O–H groups in total. The molecule has 7 heteroatoms. The average molecular weight is 220 g/mol. The summed E-state index contributed by atoms with van der Waals surface area (Å²) >= 11 is 0. The van der Waals surface area contributed by atoms with Crippen molar-refractivity contribution in [1.82, 2.24) is 0 Å². The summed E-state index contributed by atoms with van der Waals surface area (Å²) in [5, 5.41) is 0. The van der Waals surface area contributed by atoms with E-state index in [1.54, 1.807) is 0 Å². The molecule has 13 heavy (non-hydrogen) atoms. The minimum absolute atomic E-state index is 0. The van der Waals surface area contributed by atoms with Gasteiger partial charge in [-0.05, 0) is 0 Å². The average Bonchev–Trinajstić information content (AvgIpc) is 1.82. The Balaban J connectivity index is 0.00000144. The number of hydrogen-bond donors (Lipinski definition) is 0. The van der Waals surface area contributed by atoms with Crippen molar-refractivity contribution in [2.24, 2.45) is 0 Å². The molecule has 1 aromatic rings. The Morgan fingerprint density at radius 2 is 1.23 bits per heavy atom. The summed E-state index contributed by atoms with van der Waals surface area (Å²) < 4.78 is 60.1. The van der Waals surface area contributed by atoms with Gasteiger partial charge in [-0.2, -0.15) is 0 Å². The first-order chi connectivity index (χ1) is 5.39. The van der Waals surface area contributed by atoms with E-state index in [0.717, 1.165) is 0 Å². The molecule has 0 aliphatic carbocycles. The van der Waals surface area contributed by atoms with Crippen LogP contribution >= 0.6 is 0 Å². The second-order valence-electron chi connectivity index (χ2n) is 2.28. The number of halogens is 5. The minimum Gasteiger partial charge on any atom is -0.445 e. The quantitative estimate of drug-likeness (QED) is 0.421. The molecule has 66 valence electrons. The maximum absolute atomic E-state index is 12.2. The smallest absolute Gasteiger partial charge is 0.445 e. The van der Waals surface area contributed by atoms with E-state index in [4.69, 9.17) is 0 Å². The topological polar surface area (TPSA) is 0 Å². The van der Waals surface area contributed by atoms with Crippen molar-refractivity contribution in [3.63, 3.8) is 0 Å². The molecule has 0 aliphatic rings. The first kappa shape index (κ1) is 13.6. The molecule has 0 heterocycles. The van der Waals surface area contributed by atoms with Crippen molar-refractivity contribution in [1.29, 1.82) is 0 Å². The molecule has 0 nitrogen and oxygen atoms in total. The summed E-state index contributed by atoms with van der Waals surface area (Å²) in [6, 6.07) is 0.928.